The maximum atomic E-state index is 12.4. The largest absolute Gasteiger partial charge is 0.352 e. The standard InChI is InChI=1S/C18H25N3O2/c1-11(2)9-14-15(18(14,3)4)16(22)20-10-12-5-7-13(8-6-12)21-17(19)23/h5-9,14-15H,10H2,1-4H3,(H,20,22)(H3,19,21,23). The van der Waals surface area contributed by atoms with Gasteiger partial charge < -0.3 is 16.4 Å². The van der Waals surface area contributed by atoms with Crippen molar-refractivity contribution in [2.45, 2.75) is 34.2 Å². The fourth-order valence-corrected chi connectivity index (χ4v) is 3.00. The van der Waals surface area contributed by atoms with Crippen molar-refractivity contribution in [2.75, 3.05) is 5.32 Å². The quantitative estimate of drug-likeness (QED) is 0.730. The van der Waals surface area contributed by atoms with Crippen LogP contribution in [0.5, 0.6) is 0 Å². The van der Waals surface area contributed by atoms with E-state index in [-0.39, 0.29) is 17.2 Å². The molecule has 5 heteroatoms. The van der Waals surface area contributed by atoms with Gasteiger partial charge >= 0.3 is 6.03 Å². The predicted molar refractivity (Wildman–Crippen MR) is 91.7 cm³/mol. The number of rotatable bonds is 5. The van der Waals surface area contributed by atoms with E-state index in [1.807, 2.05) is 12.1 Å². The fourth-order valence-electron chi connectivity index (χ4n) is 3.00. The first-order valence-electron chi connectivity index (χ1n) is 7.80. The van der Waals surface area contributed by atoms with Crippen LogP contribution in [0.15, 0.2) is 35.9 Å². The molecule has 1 aromatic carbocycles. The van der Waals surface area contributed by atoms with Crippen LogP contribution in [0, 0.1) is 17.3 Å². The molecule has 23 heavy (non-hydrogen) atoms. The minimum Gasteiger partial charge on any atom is -0.352 e. The Hall–Kier alpha value is -2.30. The first-order chi connectivity index (χ1) is 10.7. The molecule has 0 aliphatic heterocycles. The molecule has 0 radical (unpaired) electrons. The van der Waals surface area contributed by atoms with E-state index in [1.54, 1.807) is 12.1 Å². The molecule has 1 saturated carbocycles. The van der Waals surface area contributed by atoms with E-state index in [9.17, 15) is 9.59 Å². The maximum Gasteiger partial charge on any atom is 0.316 e. The van der Waals surface area contributed by atoms with Crippen LogP contribution in [-0.2, 0) is 11.3 Å². The molecule has 2 atom stereocenters. The highest BCUT2D eigenvalue weighted by atomic mass is 16.2. The van der Waals surface area contributed by atoms with Gasteiger partial charge in [0.05, 0.1) is 5.92 Å². The molecule has 3 amide bonds. The van der Waals surface area contributed by atoms with Crippen molar-refractivity contribution in [3.05, 3.63) is 41.5 Å². The summed E-state index contributed by atoms with van der Waals surface area (Å²) < 4.78 is 0. The Labute approximate surface area is 137 Å². The van der Waals surface area contributed by atoms with E-state index >= 15 is 0 Å². The summed E-state index contributed by atoms with van der Waals surface area (Å²) in [5, 5.41) is 5.50. The number of urea groups is 1. The average Bonchev–Trinajstić information content (AvgIpc) is 2.97. The topological polar surface area (TPSA) is 84.2 Å². The highest BCUT2D eigenvalue weighted by Gasteiger charge is 2.60. The van der Waals surface area contributed by atoms with Crippen molar-refractivity contribution in [1.29, 1.82) is 0 Å². The third-order valence-corrected chi connectivity index (χ3v) is 4.39. The minimum atomic E-state index is -0.590. The lowest BCUT2D eigenvalue weighted by Gasteiger charge is -2.07. The molecule has 4 N–H and O–H groups in total. The molecule has 124 valence electrons. The van der Waals surface area contributed by atoms with Gasteiger partial charge in [-0.15, -0.1) is 0 Å². The van der Waals surface area contributed by atoms with E-state index < -0.39 is 6.03 Å². The first-order valence-corrected chi connectivity index (χ1v) is 7.80. The number of benzene rings is 1. The van der Waals surface area contributed by atoms with Crippen LogP contribution < -0.4 is 16.4 Å². The smallest absolute Gasteiger partial charge is 0.316 e. The summed E-state index contributed by atoms with van der Waals surface area (Å²) in [6.45, 7) is 8.86. The second kappa shape index (κ2) is 6.44. The highest BCUT2D eigenvalue weighted by molar-refractivity contribution is 5.87. The van der Waals surface area contributed by atoms with E-state index in [1.165, 1.54) is 5.57 Å². The van der Waals surface area contributed by atoms with Gasteiger partial charge in [0.2, 0.25) is 5.91 Å². The van der Waals surface area contributed by atoms with Crippen molar-refractivity contribution in [2.24, 2.45) is 23.0 Å². The molecular formula is C18H25N3O2. The summed E-state index contributed by atoms with van der Waals surface area (Å²) in [6.07, 6.45) is 2.19. The minimum absolute atomic E-state index is 0.0244. The lowest BCUT2D eigenvalue weighted by atomic mass is 10.1. The van der Waals surface area contributed by atoms with Crippen LogP contribution in [-0.4, -0.2) is 11.9 Å². The number of allylic oxidation sites excluding steroid dienone is 2. The highest BCUT2D eigenvalue weighted by Crippen LogP contribution is 2.59. The molecular weight excluding hydrogens is 290 g/mol. The van der Waals surface area contributed by atoms with Crippen LogP contribution in [0.3, 0.4) is 0 Å². The second-order valence-electron chi connectivity index (χ2n) is 6.97. The molecule has 0 spiro atoms. The van der Waals surface area contributed by atoms with E-state index in [0.29, 0.717) is 18.2 Å². The molecule has 0 saturated heterocycles. The van der Waals surface area contributed by atoms with Crippen LogP contribution in [0.4, 0.5) is 10.5 Å². The Morgan fingerprint density at radius 1 is 1.22 bits per heavy atom. The van der Waals surface area contributed by atoms with E-state index in [4.69, 9.17) is 5.73 Å². The molecule has 2 unspecified atom stereocenters. The van der Waals surface area contributed by atoms with Gasteiger partial charge in [-0.2, -0.15) is 0 Å². The summed E-state index contributed by atoms with van der Waals surface area (Å²) in [4.78, 5) is 23.2. The average molecular weight is 315 g/mol. The molecule has 2 rings (SSSR count). The fraction of sp³-hybridized carbons (Fsp3) is 0.444. The molecule has 0 bridgehead atoms. The van der Waals surface area contributed by atoms with Gasteiger partial charge in [0.1, 0.15) is 0 Å². The molecule has 5 nitrogen and oxygen atoms in total. The number of amides is 3. The van der Waals surface area contributed by atoms with Crippen LogP contribution in [0.25, 0.3) is 0 Å². The molecule has 0 aromatic heterocycles. The normalized spacial score (nSPS) is 21.2. The second-order valence-corrected chi connectivity index (χ2v) is 6.97. The van der Waals surface area contributed by atoms with Crippen molar-refractivity contribution >= 4 is 17.6 Å². The zero-order valence-corrected chi connectivity index (χ0v) is 14.1. The number of carbonyl (C=O) groups is 2. The van der Waals surface area contributed by atoms with Gasteiger partial charge in [-0.05, 0) is 42.9 Å². The Kier molecular flexibility index (Phi) is 4.78. The number of hydrogen-bond donors (Lipinski definition) is 3. The summed E-state index contributed by atoms with van der Waals surface area (Å²) in [6, 6.07) is 6.65. The zero-order valence-electron chi connectivity index (χ0n) is 14.1. The molecule has 0 heterocycles. The van der Waals surface area contributed by atoms with Crippen molar-refractivity contribution in [3.63, 3.8) is 0 Å². The van der Waals surface area contributed by atoms with Crippen LogP contribution in [0.1, 0.15) is 33.3 Å². The monoisotopic (exact) mass is 315 g/mol. The number of hydrogen-bond acceptors (Lipinski definition) is 2. The number of carbonyl (C=O) groups excluding carboxylic acids is 2. The Bertz CT molecular complexity index is 628. The zero-order chi connectivity index (χ0) is 17.2. The van der Waals surface area contributed by atoms with E-state index in [2.05, 4.69) is 44.4 Å². The number of anilines is 1. The molecule has 1 aliphatic carbocycles. The Morgan fingerprint density at radius 3 is 2.35 bits per heavy atom. The van der Waals surface area contributed by atoms with E-state index in [0.717, 1.165) is 5.56 Å². The first kappa shape index (κ1) is 17.1. The SMILES string of the molecule is CC(C)=CC1C(C(=O)NCc2ccc(NC(N)=O)cc2)C1(C)C. The Balaban J connectivity index is 1.90. The molecule has 1 fully saturated rings. The summed E-state index contributed by atoms with van der Waals surface area (Å²) in [7, 11) is 0. The number of primary amides is 1. The van der Waals surface area contributed by atoms with Crippen molar-refractivity contribution < 1.29 is 9.59 Å². The van der Waals surface area contributed by atoms with Crippen molar-refractivity contribution in [1.82, 2.24) is 5.32 Å². The van der Waals surface area contributed by atoms with Crippen molar-refractivity contribution in [3.8, 4) is 0 Å². The third-order valence-electron chi connectivity index (χ3n) is 4.39. The van der Waals surface area contributed by atoms with Crippen LogP contribution in [0.2, 0.25) is 0 Å². The third kappa shape index (κ3) is 4.12. The van der Waals surface area contributed by atoms with Crippen LogP contribution >= 0.6 is 0 Å². The lowest BCUT2D eigenvalue weighted by Crippen LogP contribution is -2.26. The maximum absolute atomic E-state index is 12.4. The van der Waals surface area contributed by atoms with Gasteiger partial charge in [-0.3, -0.25) is 4.79 Å². The lowest BCUT2D eigenvalue weighted by molar-refractivity contribution is -0.123. The number of nitrogens with one attached hydrogen (secondary N) is 2. The summed E-state index contributed by atoms with van der Waals surface area (Å²) in [5.41, 5.74) is 7.95. The van der Waals surface area contributed by atoms with Gasteiger partial charge in [-0.1, -0.05) is 37.6 Å². The van der Waals surface area contributed by atoms with Gasteiger partial charge in [0.25, 0.3) is 0 Å². The Morgan fingerprint density at radius 2 is 1.83 bits per heavy atom. The van der Waals surface area contributed by atoms with Gasteiger partial charge in [-0.25, -0.2) is 4.79 Å². The van der Waals surface area contributed by atoms with Gasteiger partial charge in [0.15, 0.2) is 0 Å². The van der Waals surface area contributed by atoms with Gasteiger partial charge in [0, 0.05) is 12.2 Å². The predicted octanol–water partition coefficient (Wildman–Crippen LogP) is 3.03. The number of nitrogens with two attached hydrogens (primary N) is 1. The summed E-state index contributed by atoms with van der Waals surface area (Å²) >= 11 is 0. The molecule has 1 aliphatic rings. The molecule has 1 aromatic rings. The summed E-state index contributed by atoms with van der Waals surface area (Å²) in [5.74, 6) is 0.444.